The number of nitrogens with zero attached hydrogens (tertiary/aromatic N) is 2. The zero-order valence-corrected chi connectivity index (χ0v) is 11.3. The Morgan fingerprint density at radius 3 is 2.74 bits per heavy atom. The predicted molar refractivity (Wildman–Crippen MR) is 72.4 cm³/mol. The Balaban J connectivity index is 1.74. The summed E-state index contributed by atoms with van der Waals surface area (Å²) in [5.74, 6) is 0.0743. The van der Waals surface area contributed by atoms with Crippen molar-refractivity contribution in [2.75, 3.05) is 19.6 Å². The van der Waals surface area contributed by atoms with Gasteiger partial charge in [-0.15, -0.1) is 0 Å². The molecule has 1 atom stereocenters. The lowest BCUT2D eigenvalue weighted by atomic mass is 9.97. The average molecular weight is 263 g/mol. The minimum absolute atomic E-state index is 0.0534. The van der Waals surface area contributed by atoms with E-state index >= 15 is 0 Å². The number of amides is 2. The molecule has 1 aromatic heterocycles. The number of piperidine rings is 1. The van der Waals surface area contributed by atoms with Gasteiger partial charge in [-0.1, -0.05) is 0 Å². The molecule has 1 N–H and O–H groups in total. The fourth-order valence-electron chi connectivity index (χ4n) is 2.45. The molecule has 0 bridgehead atoms. The monoisotopic (exact) mass is 263 g/mol. The number of hydrogen-bond acceptors (Lipinski definition) is 2. The summed E-state index contributed by atoms with van der Waals surface area (Å²) in [6.07, 6.45) is 5.74. The Hall–Kier alpha value is -1.78. The highest BCUT2D eigenvalue weighted by atomic mass is 16.2. The van der Waals surface area contributed by atoms with Gasteiger partial charge >= 0.3 is 0 Å². The highest BCUT2D eigenvalue weighted by molar-refractivity contribution is 5.80. The van der Waals surface area contributed by atoms with Gasteiger partial charge in [0, 0.05) is 45.5 Å². The van der Waals surface area contributed by atoms with Crippen molar-refractivity contribution < 1.29 is 9.59 Å². The van der Waals surface area contributed by atoms with Crippen LogP contribution in [0, 0.1) is 5.92 Å². The molecule has 0 unspecified atom stereocenters. The number of carbonyl (C=O) groups is 2. The maximum Gasteiger partial charge on any atom is 0.224 e. The molecular weight excluding hydrogens is 242 g/mol. The Labute approximate surface area is 113 Å². The molecule has 0 spiro atoms. The first-order valence-corrected chi connectivity index (χ1v) is 6.81. The number of likely N-dealkylation sites (tertiary alicyclic amines) is 1. The van der Waals surface area contributed by atoms with E-state index in [1.807, 2.05) is 29.1 Å². The summed E-state index contributed by atoms with van der Waals surface area (Å²) in [6.45, 7) is 4.31. The lowest BCUT2D eigenvalue weighted by Gasteiger charge is -2.31. The third kappa shape index (κ3) is 3.84. The van der Waals surface area contributed by atoms with Crippen molar-refractivity contribution in [1.29, 1.82) is 0 Å². The Morgan fingerprint density at radius 1 is 1.32 bits per heavy atom. The summed E-state index contributed by atoms with van der Waals surface area (Å²) in [4.78, 5) is 25.1. The molecule has 19 heavy (non-hydrogen) atoms. The van der Waals surface area contributed by atoms with E-state index in [9.17, 15) is 9.59 Å². The summed E-state index contributed by atoms with van der Waals surface area (Å²) in [7, 11) is 0. The molecular formula is C14H21N3O2. The van der Waals surface area contributed by atoms with Crippen molar-refractivity contribution in [2.45, 2.75) is 26.3 Å². The van der Waals surface area contributed by atoms with Crippen LogP contribution in [0.2, 0.25) is 0 Å². The van der Waals surface area contributed by atoms with Crippen LogP contribution in [0.5, 0.6) is 0 Å². The second-order valence-corrected chi connectivity index (χ2v) is 5.02. The molecule has 104 valence electrons. The first-order chi connectivity index (χ1) is 9.16. The van der Waals surface area contributed by atoms with E-state index in [4.69, 9.17) is 0 Å². The van der Waals surface area contributed by atoms with Gasteiger partial charge in [0.15, 0.2) is 0 Å². The fourth-order valence-corrected chi connectivity index (χ4v) is 2.45. The van der Waals surface area contributed by atoms with E-state index in [2.05, 4.69) is 5.32 Å². The minimum atomic E-state index is -0.0534. The summed E-state index contributed by atoms with van der Waals surface area (Å²) >= 11 is 0. The zero-order chi connectivity index (χ0) is 13.7. The molecule has 0 aromatic carbocycles. The van der Waals surface area contributed by atoms with Gasteiger partial charge in [0.25, 0.3) is 0 Å². The number of nitrogens with one attached hydrogen (secondary N) is 1. The van der Waals surface area contributed by atoms with Gasteiger partial charge in [0.1, 0.15) is 0 Å². The molecule has 1 aliphatic heterocycles. The van der Waals surface area contributed by atoms with E-state index in [0.717, 1.165) is 25.9 Å². The maximum absolute atomic E-state index is 12.0. The van der Waals surface area contributed by atoms with Crippen LogP contribution in [0.15, 0.2) is 24.5 Å². The van der Waals surface area contributed by atoms with Gasteiger partial charge in [0.05, 0.1) is 5.92 Å². The first kappa shape index (κ1) is 13.6. The highest BCUT2D eigenvalue weighted by Gasteiger charge is 2.26. The second kappa shape index (κ2) is 6.41. The van der Waals surface area contributed by atoms with Gasteiger partial charge in [-0.2, -0.15) is 0 Å². The SMILES string of the molecule is CC(=O)N1CCC[C@H](C(=O)NCCn2cccc2)C1. The van der Waals surface area contributed by atoms with Crippen LogP contribution in [0.3, 0.4) is 0 Å². The largest absolute Gasteiger partial charge is 0.354 e. The van der Waals surface area contributed by atoms with Crippen LogP contribution in [0.4, 0.5) is 0 Å². The van der Waals surface area contributed by atoms with Crippen molar-refractivity contribution in [2.24, 2.45) is 5.92 Å². The average Bonchev–Trinajstić information content (AvgIpc) is 2.92. The van der Waals surface area contributed by atoms with E-state index in [1.54, 1.807) is 11.8 Å². The smallest absolute Gasteiger partial charge is 0.224 e. The molecule has 1 saturated heterocycles. The standard InChI is InChI=1S/C14H21N3O2/c1-12(18)17-9-4-5-13(11-17)14(19)15-6-10-16-7-2-3-8-16/h2-3,7-8,13H,4-6,9-11H2,1H3,(H,15,19)/t13-/m0/s1. The Bertz CT molecular complexity index is 428. The van der Waals surface area contributed by atoms with Gasteiger partial charge in [-0.25, -0.2) is 0 Å². The van der Waals surface area contributed by atoms with Crippen LogP contribution in [0.25, 0.3) is 0 Å². The fraction of sp³-hybridized carbons (Fsp3) is 0.571. The molecule has 2 rings (SSSR count). The first-order valence-electron chi connectivity index (χ1n) is 6.81. The summed E-state index contributed by atoms with van der Waals surface area (Å²) in [5, 5.41) is 2.95. The number of rotatable bonds is 4. The van der Waals surface area contributed by atoms with E-state index in [-0.39, 0.29) is 17.7 Å². The second-order valence-electron chi connectivity index (χ2n) is 5.02. The third-order valence-electron chi connectivity index (χ3n) is 3.57. The van der Waals surface area contributed by atoms with Crippen molar-refractivity contribution in [3.05, 3.63) is 24.5 Å². The molecule has 0 radical (unpaired) electrons. The van der Waals surface area contributed by atoms with Gasteiger partial charge < -0.3 is 14.8 Å². The van der Waals surface area contributed by atoms with Crippen molar-refractivity contribution in [3.63, 3.8) is 0 Å². The lowest BCUT2D eigenvalue weighted by molar-refractivity contribution is -0.133. The van der Waals surface area contributed by atoms with Crippen LogP contribution in [-0.2, 0) is 16.1 Å². The van der Waals surface area contributed by atoms with E-state index in [0.29, 0.717) is 13.1 Å². The quantitative estimate of drug-likeness (QED) is 0.876. The minimum Gasteiger partial charge on any atom is -0.354 e. The third-order valence-corrected chi connectivity index (χ3v) is 3.57. The Kier molecular flexibility index (Phi) is 4.60. The molecule has 2 heterocycles. The molecule has 5 heteroatoms. The zero-order valence-electron chi connectivity index (χ0n) is 11.3. The number of carbonyl (C=O) groups excluding carboxylic acids is 2. The summed E-state index contributed by atoms with van der Waals surface area (Å²) in [5.41, 5.74) is 0. The van der Waals surface area contributed by atoms with Crippen molar-refractivity contribution in [3.8, 4) is 0 Å². The van der Waals surface area contributed by atoms with Crippen molar-refractivity contribution in [1.82, 2.24) is 14.8 Å². The number of aromatic nitrogens is 1. The summed E-state index contributed by atoms with van der Waals surface area (Å²) < 4.78 is 2.03. The van der Waals surface area contributed by atoms with Crippen LogP contribution in [0.1, 0.15) is 19.8 Å². The maximum atomic E-state index is 12.0. The normalized spacial score (nSPS) is 19.2. The van der Waals surface area contributed by atoms with Crippen LogP contribution in [-0.4, -0.2) is 40.9 Å². The molecule has 5 nitrogen and oxygen atoms in total. The summed E-state index contributed by atoms with van der Waals surface area (Å²) in [6, 6.07) is 3.93. The van der Waals surface area contributed by atoms with Crippen molar-refractivity contribution >= 4 is 11.8 Å². The van der Waals surface area contributed by atoms with E-state index < -0.39 is 0 Å². The lowest BCUT2D eigenvalue weighted by Crippen LogP contribution is -2.45. The van der Waals surface area contributed by atoms with Crippen LogP contribution < -0.4 is 5.32 Å². The van der Waals surface area contributed by atoms with Gasteiger partial charge in [0.2, 0.25) is 11.8 Å². The van der Waals surface area contributed by atoms with E-state index in [1.165, 1.54) is 0 Å². The van der Waals surface area contributed by atoms with Crippen LogP contribution >= 0.6 is 0 Å². The number of hydrogen-bond donors (Lipinski definition) is 1. The molecule has 2 amide bonds. The Morgan fingerprint density at radius 2 is 2.05 bits per heavy atom. The molecule has 0 saturated carbocycles. The molecule has 1 aromatic rings. The predicted octanol–water partition coefficient (Wildman–Crippen LogP) is 0.863. The topological polar surface area (TPSA) is 54.3 Å². The molecule has 1 fully saturated rings. The van der Waals surface area contributed by atoms with Gasteiger partial charge in [-0.3, -0.25) is 9.59 Å². The molecule has 0 aliphatic carbocycles. The molecule has 1 aliphatic rings. The highest BCUT2D eigenvalue weighted by Crippen LogP contribution is 2.16. The van der Waals surface area contributed by atoms with Gasteiger partial charge in [-0.05, 0) is 25.0 Å².